The molecule has 3 rings (SSSR count). The predicted molar refractivity (Wildman–Crippen MR) is 109 cm³/mol. The Morgan fingerprint density at radius 3 is 2.52 bits per heavy atom. The fourth-order valence-electron chi connectivity index (χ4n) is 3.38. The standard InChI is InChI=1S/C20H25F2N3O3S/c1-4-14-5-6-15(11-18(14)25-9-7-23-8-10-25)29(26,27)24-17-12-16(21)13(2)19(22)20(17)28-3/h5-6,11-12,23-24H,4,7-10H2,1-3H3. The number of piperazine rings is 1. The highest BCUT2D eigenvalue weighted by Gasteiger charge is 2.24. The van der Waals surface area contributed by atoms with Crippen molar-refractivity contribution < 1.29 is 21.9 Å². The highest BCUT2D eigenvalue weighted by Crippen LogP contribution is 2.34. The van der Waals surface area contributed by atoms with Gasteiger partial charge in [-0.1, -0.05) is 13.0 Å². The highest BCUT2D eigenvalue weighted by atomic mass is 32.2. The van der Waals surface area contributed by atoms with E-state index in [4.69, 9.17) is 4.74 Å². The Balaban J connectivity index is 2.00. The number of sulfonamides is 1. The smallest absolute Gasteiger partial charge is 0.262 e. The largest absolute Gasteiger partial charge is 0.492 e. The lowest BCUT2D eigenvalue weighted by atomic mass is 10.1. The summed E-state index contributed by atoms with van der Waals surface area (Å²) in [6, 6.07) is 5.81. The lowest BCUT2D eigenvalue weighted by Gasteiger charge is -2.31. The molecule has 1 aliphatic rings. The average Bonchev–Trinajstić information content (AvgIpc) is 2.72. The number of halogens is 2. The fourth-order valence-corrected chi connectivity index (χ4v) is 4.46. The summed E-state index contributed by atoms with van der Waals surface area (Å²) in [6.07, 6.45) is 0.759. The van der Waals surface area contributed by atoms with Crippen molar-refractivity contribution in [1.82, 2.24) is 5.32 Å². The van der Waals surface area contributed by atoms with Crippen LogP contribution in [0.3, 0.4) is 0 Å². The van der Waals surface area contributed by atoms with Crippen LogP contribution >= 0.6 is 0 Å². The molecule has 6 nitrogen and oxygen atoms in total. The van der Waals surface area contributed by atoms with Crippen molar-refractivity contribution in [2.45, 2.75) is 25.2 Å². The number of ether oxygens (including phenoxy) is 1. The molecule has 0 atom stereocenters. The molecule has 0 radical (unpaired) electrons. The van der Waals surface area contributed by atoms with Gasteiger partial charge in [-0.25, -0.2) is 17.2 Å². The molecule has 9 heteroatoms. The zero-order chi connectivity index (χ0) is 21.2. The van der Waals surface area contributed by atoms with Crippen LogP contribution in [-0.2, 0) is 16.4 Å². The van der Waals surface area contributed by atoms with Crippen molar-refractivity contribution in [3.63, 3.8) is 0 Å². The van der Waals surface area contributed by atoms with Gasteiger partial charge in [0.2, 0.25) is 0 Å². The Morgan fingerprint density at radius 1 is 1.21 bits per heavy atom. The number of nitrogens with zero attached hydrogens (tertiary/aromatic N) is 1. The minimum absolute atomic E-state index is 0.0201. The number of nitrogens with one attached hydrogen (secondary N) is 2. The molecule has 0 unspecified atom stereocenters. The normalized spacial score (nSPS) is 14.7. The van der Waals surface area contributed by atoms with E-state index in [1.165, 1.54) is 20.1 Å². The van der Waals surface area contributed by atoms with Gasteiger partial charge in [0.25, 0.3) is 10.0 Å². The van der Waals surface area contributed by atoms with Crippen LogP contribution in [-0.4, -0.2) is 41.7 Å². The number of benzene rings is 2. The van der Waals surface area contributed by atoms with Gasteiger partial charge in [0.1, 0.15) is 5.82 Å². The van der Waals surface area contributed by atoms with E-state index in [9.17, 15) is 17.2 Å². The third kappa shape index (κ3) is 4.30. The monoisotopic (exact) mass is 425 g/mol. The van der Waals surface area contributed by atoms with Crippen LogP contribution in [0.2, 0.25) is 0 Å². The molecule has 1 heterocycles. The molecule has 1 saturated heterocycles. The summed E-state index contributed by atoms with van der Waals surface area (Å²) in [5.41, 5.74) is 1.37. The Bertz CT molecular complexity index is 1010. The first-order valence-corrected chi connectivity index (χ1v) is 10.9. The Kier molecular flexibility index (Phi) is 6.28. The van der Waals surface area contributed by atoms with Crippen LogP contribution < -0.4 is 19.7 Å². The van der Waals surface area contributed by atoms with Gasteiger partial charge in [0.15, 0.2) is 11.6 Å². The van der Waals surface area contributed by atoms with Gasteiger partial charge in [-0.3, -0.25) is 4.72 Å². The summed E-state index contributed by atoms with van der Waals surface area (Å²) in [7, 11) is -2.88. The molecule has 0 amide bonds. The molecule has 2 aromatic carbocycles. The zero-order valence-corrected chi connectivity index (χ0v) is 17.5. The first-order valence-electron chi connectivity index (χ1n) is 9.42. The molecule has 0 saturated carbocycles. The van der Waals surface area contributed by atoms with E-state index in [0.717, 1.165) is 49.9 Å². The molecule has 0 aromatic heterocycles. The van der Waals surface area contributed by atoms with Gasteiger partial charge in [-0.15, -0.1) is 0 Å². The van der Waals surface area contributed by atoms with Crippen molar-refractivity contribution in [3.8, 4) is 5.75 Å². The molecule has 2 N–H and O–H groups in total. The summed E-state index contributed by atoms with van der Waals surface area (Å²) >= 11 is 0. The maximum atomic E-state index is 14.3. The van der Waals surface area contributed by atoms with E-state index in [-0.39, 0.29) is 21.9 Å². The molecule has 0 aliphatic carbocycles. The minimum atomic E-state index is -4.08. The van der Waals surface area contributed by atoms with Crippen LogP contribution in [0.4, 0.5) is 20.2 Å². The number of anilines is 2. The van der Waals surface area contributed by atoms with Crippen molar-refractivity contribution in [2.24, 2.45) is 0 Å². The second-order valence-corrected chi connectivity index (χ2v) is 8.55. The summed E-state index contributed by atoms with van der Waals surface area (Å²) in [4.78, 5) is 2.16. The fraction of sp³-hybridized carbons (Fsp3) is 0.400. The lowest BCUT2D eigenvalue weighted by Crippen LogP contribution is -2.44. The topological polar surface area (TPSA) is 70.7 Å². The van der Waals surface area contributed by atoms with Crippen LogP contribution in [0.1, 0.15) is 18.1 Å². The van der Waals surface area contributed by atoms with Crippen molar-refractivity contribution in [3.05, 3.63) is 47.0 Å². The molecule has 158 valence electrons. The third-order valence-corrected chi connectivity index (χ3v) is 6.42. The van der Waals surface area contributed by atoms with Gasteiger partial charge >= 0.3 is 0 Å². The van der Waals surface area contributed by atoms with Crippen LogP contribution in [0.15, 0.2) is 29.2 Å². The van der Waals surface area contributed by atoms with E-state index >= 15 is 0 Å². The predicted octanol–water partition coefficient (Wildman–Crippen LogP) is 3.05. The van der Waals surface area contributed by atoms with Gasteiger partial charge in [-0.05, 0) is 31.0 Å². The first-order chi connectivity index (χ1) is 13.8. The first kappa shape index (κ1) is 21.3. The molecule has 0 bridgehead atoms. The Labute approximate surface area is 169 Å². The maximum Gasteiger partial charge on any atom is 0.262 e. The Hall–Kier alpha value is -2.39. The molecule has 2 aromatic rings. The van der Waals surface area contributed by atoms with Crippen LogP contribution in [0, 0.1) is 18.6 Å². The second kappa shape index (κ2) is 8.54. The van der Waals surface area contributed by atoms with E-state index in [2.05, 4.69) is 14.9 Å². The molecule has 0 spiro atoms. The van der Waals surface area contributed by atoms with Crippen LogP contribution in [0.25, 0.3) is 0 Å². The number of hydrogen-bond donors (Lipinski definition) is 2. The van der Waals surface area contributed by atoms with Crippen molar-refractivity contribution in [1.29, 1.82) is 0 Å². The summed E-state index contributed by atoms with van der Waals surface area (Å²) < 4.78 is 61.5. The molecule has 29 heavy (non-hydrogen) atoms. The molecule has 1 fully saturated rings. The Morgan fingerprint density at radius 2 is 1.90 bits per heavy atom. The molecule has 1 aliphatic heterocycles. The minimum Gasteiger partial charge on any atom is -0.492 e. The number of hydrogen-bond acceptors (Lipinski definition) is 5. The summed E-state index contributed by atoms with van der Waals surface area (Å²) in [6.45, 7) is 6.44. The summed E-state index contributed by atoms with van der Waals surface area (Å²) in [5, 5.41) is 3.27. The van der Waals surface area contributed by atoms with Gasteiger partial charge < -0.3 is 15.0 Å². The molecular weight excluding hydrogens is 400 g/mol. The van der Waals surface area contributed by atoms with Gasteiger partial charge in [0, 0.05) is 43.5 Å². The maximum absolute atomic E-state index is 14.3. The zero-order valence-electron chi connectivity index (χ0n) is 16.7. The third-order valence-electron chi connectivity index (χ3n) is 5.06. The van der Waals surface area contributed by atoms with Crippen molar-refractivity contribution >= 4 is 21.4 Å². The van der Waals surface area contributed by atoms with E-state index < -0.39 is 21.7 Å². The number of methoxy groups -OCH3 is 1. The highest BCUT2D eigenvalue weighted by molar-refractivity contribution is 7.92. The van der Waals surface area contributed by atoms with Crippen LogP contribution in [0.5, 0.6) is 5.75 Å². The van der Waals surface area contributed by atoms with Gasteiger partial charge in [-0.2, -0.15) is 0 Å². The van der Waals surface area contributed by atoms with Gasteiger partial charge in [0.05, 0.1) is 17.7 Å². The van der Waals surface area contributed by atoms with E-state index in [1.807, 2.05) is 6.92 Å². The quantitative estimate of drug-likeness (QED) is 0.745. The van der Waals surface area contributed by atoms with E-state index in [0.29, 0.717) is 0 Å². The summed E-state index contributed by atoms with van der Waals surface area (Å²) in [5.74, 6) is -2.14. The number of aryl methyl sites for hydroxylation is 1. The lowest BCUT2D eigenvalue weighted by molar-refractivity contribution is 0.384. The van der Waals surface area contributed by atoms with E-state index in [1.54, 1.807) is 12.1 Å². The SMILES string of the molecule is CCc1ccc(S(=O)(=O)Nc2cc(F)c(C)c(F)c2OC)cc1N1CCNCC1. The molecular formula is C20H25F2N3O3S. The van der Waals surface area contributed by atoms with Crippen molar-refractivity contribution in [2.75, 3.05) is 42.9 Å². The average molecular weight is 426 g/mol. The number of rotatable bonds is 6. The second-order valence-electron chi connectivity index (χ2n) is 6.86.